The maximum Gasteiger partial charge on any atom is 0.0738 e. The molecule has 0 amide bonds. The Labute approximate surface area is 121 Å². The minimum atomic E-state index is 0.348. The van der Waals surface area contributed by atoms with E-state index in [1.807, 2.05) is 11.3 Å². The van der Waals surface area contributed by atoms with Crippen molar-refractivity contribution in [2.45, 2.75) is 37.9 Å². The van der Waals surface area contributed by atoms with E-state index in [1.165, 1.54) is 40.1 Å². The number of aryl methyl sites for hydroxylation is 4. The topological polar surface area (TPSA) is 0 Å². The first kappa shape index (κ1) is 12.4. The summed E-state index contributed by atoms with van der Waals surface area (Å²) in [5.41, 5.74) is 5.91. The van der Waals surface area contributed by atoms with E-state index in [9.17, 15) is 0 Å². The van der Waals surface area contributed by atoms with Crippen molar-refractivity contribution in [3.05, 3.63) is 56.3 Å². The van der Waals surface area contributed by atoms with Gasteiger partial charge in [-0.1, -0.05) is 34.1 Å². The van der Waals surface area contributed by atoms with Gasteiger partial charge < -0.3 is 0 Å². The van der Waals surface area contributed by atoms with Crippen LogP contribution in [-0.2, 0) is 12.8 Å². The molecule has 0 fully saturated rings. The molecule has 0 nitrogen and oxygen atoms in total. The van der Waals surface area contributed by atoms with E-state index in [1.54, 1.807) is 11.1 Å². The van der Waals surface area contributed by atoms with Crippen molar-refractivity contribution in [3.8, 4) is 0 Å². The van der Waals surface area contributed by atoms with Crippen LogP contribution in [0.4, 0.5) is 0 Å². The Morgan fingerprint density at radius 1 is 1.11 bits per heavy atom. The van der Waals surface area contributed by atoms with Crippen LogP contribution < -0.4 is 0 Å². The van der Waals surface area contributed by atoms with Crippen LogP contribution in [0.1, 0.15) is 43.3 Å². The molecule has 1 atom stereocenters. The van der Waals surface area contributed by atoms with E-state index < -0.39 is 0 Å². The summed E-state index contributed by atoms with van der Waals surface area (Å²) in [5.74, 6) is 0. The summed E-state index contributed by atoms with van der Waals surface area (Å²) in [6.45, 7) is 4.39. The van der Waals surface area contributed by atoms with Crippen molar-refractivity contribution >= 4 is 27.3 Å². The molecule has 0 radical (unpaired) electrons. The second kappa shape index (κ2) is 4.82. The fourth-order valence-corrected chi connectivity index (χ4v) is 4.39. The van der Waals surface area contributed by atoms with Crippen LogP contribution in [0.3, 0.4) is 0 Å². The second-order valence-corrected chi connectivity index (χ2v) is 7.34. The van der Waals surface area contributed by atoms with Gasteiger partial charge in [-0.15, -0.1) is 11.3 Å². The van der Waals surface area contributed by atoms with Gasteiger partial charge in [0.25, 0.3) is 0 Å². The van der Waals surface area contributed by atoms with Crippen LogP contribution in [0.5, 0.6) is 0 Å². The third kappa shape index (κ3) is 2.17. The van der Waals surface area contributed by atoms with Crippen LogP contribution in [0, 0.1) is 13.8 Å². The van der Waals surface area contributed by atoms with Crippen molar-refractivity contribution in [2.75, 3.05) is 0 Å². The van der Waals surface area contributed by atoms with Gasteiger partial charge in [-0.05, 0) is 61.4 Å². The fourth-order valence-electron chi connectivity index (χ4n) is 2.64. The summed E-state index contributed by atoms with van der Waals surface area (Å²) < 4.78 is 0. The summed E-state index contributed by atoms with van der Waals surface area (Å²) in [7, 11) is 0. The van der Waals surface area contributed by atoms with Crippen molar-refractivity contribution in [1.29, 1.82) is 0 Å². The van der Waals surface area contributed by atoms with E-state index in [-0.39, 0.29) is 0 Å². The smallest absolute Gasteiger partial charge is 0.0738 e. The van der Waals surface area contributed by atoms with E-state index in [0.29, 0.717) is 4.83 Å². The van der Waals surface area contributed by atoms with E-state index in [2.05, 4.69) is 54.0 Å². The first-order valence-electron chi connectivity index (χ1n) is 6.48. The predicted octanol–water partition coefficient (Wildman–Crippen LogP) is 5.34. The van der Waals surface area contributed by atoms with Crippen molar-refractivity contribution in [2.24, 2.45) is 0 Å². The molecular weight excluding hydrogens is 304 g/mol. The van der Waals surface area contributed by atoms with Gasteiger partial charge in [0.1, 0.15) is 0 Å². The molecule has 94 valence electrons. The average molecular weight is 321 g/mol. The van der Waals surface area contributed by atoms with E-state index in [4.69, 9.17) is 0 Å². The Morgan fingerprint density at radius 2 is 1.89 bits per heavy atom. The molecule has 2 heteroatoms. The van der Waals surface area contributed by atoms with Gasteiger partial charge >= 0.3 is 0 Å². The minimum absolute atomic E-state index is 0.348. The largest absolute Gasteiger partial charge is 0.144 e. The molecule has 1 aromatic heterocycles. The van der Waals surface area contributed by atoms with Gasteiger partial charge in [-0.25, -0.2) is 0 Å². The third-order valence-corrected chi connectivity index (χ3v) is 6.39. The van der Waals surface area contributed by atoms with Crippen molar-refractivity contribution in [3.63, 3.8) is 0 Å². The molecule has 0 aliphatic heterocycles. The molecule has 0 saturated carbocycles. The Morgan fingerprint density at radius 3 is 2.61 bits per heavy atom. The molecule has 0 N–H and O–H groups in total. The van der Waals surface area contributed by atoms with E-state index in [0.717, 1.165) is 0 Å². The van der Waals surface area contributed by atoms with Crippen LogP contribution in [0.2, 0.25) is 0 Å². The Bertz CT molecular complexity index is 563. The lowest BCUT2D eigenvalue weighted by Crippen LogP contribution is -1.92. The lowest BCUT2D eigenvalue weighted by molar-refractivity contribution is 0.911. The molecule has 3 rings (SSSR count). The van der Waals surface area contributed by atoms with Gasteiger partial charge in [0, 0.05) is 9.75 Å². The lowest BCUT2D eigenvalue weighted by Gasteiger charge is -2.10. The molecule has 18 heavy (non-hydrogen) atoms. The van der Waals surface area contributed by atoms with Crippen molar-refractivity contribution in [1.82, 2.24) is 0 Å². The average Bonchev–Trinajstić information content (AvgIpc) is 2.95. The highest BCUT2D eigenvalue weighted by molar-refractivity contribution is 9.09. The van der Waals surface area contributed by atoms with Crippen LogP contribution in [0.15, 0.2) is 24.3 Å². The normalized spacial score (nSPS) is 15.7. The molecule has 0 saturated heterocycles. The fraction of sp³-hybridized carbons (Fsp3) is 0.375. The van der Waals surface area contributed by atoms with Crippen molar-refractivity contribution < 1.29 is 0 Å². The number of alkyl halides is 1. The Kier molecular flexibility index (Phi) is 3.33. The molecule has 1 heterocycles. The molecular formula is C16H17BrS. The van der Waals surface area contributed by atoms with Gasteiger partial charge in [-0.3, -0.25) is 0 Å². The zero-order chi connectivity index (χ0) is 12.7. The number of fused-ring (bicyclic) bond motifs is 1. The zero-order valence-electron chi connectivity index (χ0n) is 10.8. The maximum atomic E-state index is 3.86. The summed E-state index contributed by atoms with van der Waals surface area (Å²) in [6.07, 6.45) is 3.84. The second-order valence-electron chi connectivity index (χ2n) is 5.13. The summed E-state index contributed by atoms with van der Waals surface area (Å²) in [4.78, 5) is 3.19. The highest BCUT2D eigenvalue weighted by atomic mass is 79.9. The van der Waals surface area contributed by atoms with Gasteiger partial charge in [0.2, 0.25) is 0 Å². The molecule has 1 aliphatic carbocycles. The predicted molar refractivity (Wildman–Crippen MR) is 83.0 cm³/mol. The number of hydrogen-bond acceptors (Lipinski definition) is 1. The Hall–Kier alpha value is -0.600. The first-order chi connectivity index (χ1) is 8.65. The Balaban J connectivity index is 1.94. The van der Waals surface area contributed by atoms with Crippen LogP contribution in [-0.4, -0.2) is 0 Å². The van der Waals surface area contributed by atoms with Gasteiger partial charge in [0.05, 0.1) is 4.83 Å². The number of rotatable bonds is 2. The van der Waals surface area contributed by atoms with E-state index >= 15 is 0 Å². The molecule has 1 aromatic carbocycles. The SMILES string of the molecule is Cc1cc(C(Br)c2ccc3c(c2)CCC3)sc1C. The molecule has 0 bridgehead atoms. The standard InChI is InChI=1S/C16H17BrS/c1-10-8-15(18-11(10)2)16(17)14-7-6-12-4-3-5-13(12)9-14/h6-9,16H,3-5H2,1-2H3. The first-order valence-corrected chi connectivity index (χ1v) is 8.21. The zero-order valence-corrected chi connectivity index (χ0v) is 13.2. The molecule has 2 aromatic rings. The third-order valence-electron chi connectivity index (χ3n) is 3.85. The van der Waals surface area contributed by atoms with Crippen LogP contribution >= 0.6 is 27.3 Å². The highest BCUT2D eigenvalue weighted by Crippen LogP contribution is 2.38. The number of thiophene rings is 1. The van der Waals surface area contributed by atoms with Gasteiger partial charge in [-0.2, -0.15) is 0 Å². The summed E-state index contributed by atoms with van der Waals surface area (Å²) in [5, 5.41) is 0. The molecule has 0 spiro atoms. The summed E-state index contributed by atoms with van der Waals surface area (Å²) >= 11 is 5.76. The number of benzene rings is 1. The monoisotopic (exact) mass is 320 g/mol. The van der Waals surface area contributed by atoms with Gasteiger partial charge in [0.15, 0.2) is 0 Å². The lowest BCUT2D eigenvalue weighted by atomic mass is 10.0. The number of halogens is 1. The molecule has 1 unspecified atom stereocenters. The number of hydrogen-bond donors (Lipinski definition) is 0. The van der Waals surface area contributed by atoms with Crippen LogP contribution in [0.25, 0.3) is 0 Å². The quantitative estimate of drug-likeness (QED) is 0.655. The minimum Gasteiger partial charge on any atom is -0.144 e. The summed E-state index contributed by atoms with van der Waals surface area (Å²) in [6, 6.07) is 9.31. The maximum absolute atomic E-state index is 3.86. The molecule has 1 aliphatic rings. The highest BCUT2D eigenvalue weighted by Gasteiger charge is 2.17.